The lowest BCUT2D eigenvalue weighted by molar-refractivity contribution is 0.660. The number of fused-ring (bicyclic) bond motifs is 7. The second kappa shape index (κ2) is 12.1. The zero-order chi connectivity index (χ0) is 36.7. The Hall–Kier alpha value is -6.90. The number of rotatable bonds is 5. The summed E-state index contributed by atoms with van der Waals surface area (Å²) in [6, 6.07) is 71.5. The Morgan fingerprint density at radius 1 is 0.345 bits per heavy atom. The van der Waals surface area contributed by atoms with E-state index in [2.05, 4.69) is 217 Å². The molecular weight excluding hydrogens is 665 g/mol. The van der Waals surface area contributed by atoms with Gasteiger partial charge in [0, 0.05) is 32.9 Å². The highest BCUT2D eigenvalue weighted by molar-refractivity contribution is 6.10. The number of benzene rings is 8. The van der Waals surface area contributed by atoms with E-state index in [0.717, 1.165) is 5.69 Å². The Bertz CT molecular complexity index is 3100. The first kappa shape index (κ1) is 31.6. The van der Waals surface area contributed by atoms with Gasteiger partial charge in [-0.05, 0) is 129 Å². The van der Waals surface area contributed by atoms with Gasteiger partial charge in [-0.2, -0.15) is 0 Å². The molecule has 2 aromatic heterocycles. The van der Waals surface area contributed by atoms with Gasteiger partial charge in [-0.3, -0.25) is 0 Å². The normalized spacial score (nSPS) is 13.1. The Morgan fingerprint density at radius 3 is 1.69 bits per heavy atom. The molecule has 0 radical (unpaired) electrons. The van der Waals surface area contributed by atoms with Crippen LogP contribution in [-0.2, 0) is 5.41 Å². The van der Waals surface area contributed by atoms with Crippen molar-refractivity contribution < 1.29 is 0 Å². The van der Waals surface area contributed by atoms with Gasteiger partial charge in [0.25, 0.3) is 0 Å². The predicted molar refractivity (Wildman–Crippen MR) is 231 cm³/mol. The van der Waals surface area contributed by atoms with E-state index >= 15 is 0 Å². The highest BCUT2D eigenvalue weighted by Crippen LogP contribution is 2.50. The van der Waals surface area contributed by atoms with Crippen LogP contribution in [0.15, 0.2) is 194 Å². The summed E-state index contributed by atoms with van der Waals surface area (Å²) < 4.78 is 4.80. The summed E-state index contributed by atoms with van der Waals surface area (Å²) in [5.41, 5.74) is 18.5. The van der Waals surface area contributed by atoms with Crippen LogP contribution in [0.2, 0.25) is 0 Å². The van der Waals surface area contributed by atoms with Crippen molar-refractivity contribution in [1.82, 2.24) is 9.13 Å². The third-order valence-corrected chi connectivity index (χ3v) is 11.9. The van der Waals surface area contributed by atoms with Gasteiger partial charge < -0.3 is 9.13 Å². The van der Waals surface area contributed by atoms with Crippen molar-refractivity contribution >= 4 is 32.7 Å². The van der Waals surface area contributed by atoms with Crippen LogP contribution in [0.25, 0.3) is 88.7 Å². The molecule has 0 amide bonds. The van der Waals surface area contributed by atoms with Crippen LogP contribution in [0.1, 0.15) is 25.0 Å². The maximum atomic E-state index is 2.45. The SMILES string of the molecule is CC1(C)c2ccccc2-c2ccc(-c3cc(-c4ccc5c(c4)c4ccccc4n5-c4ccccc4)cc(-c4cc5ccccc5n4-c4ccccc4)c3)cc21. The topological polar surface area (TPSA) is 9.86 Å². The van der Waals surface area contributed by atoms with E-state index in [1.165, 1.54) is 94.2 Å². The molecule has 0 saturated carbocycles. The molecule has 8 aromatic carbocycles. The zero-order valence-electron chi connectivity index (χ0n) is 30.9. The number of aromatic nitrogens is 2. The van der Waals surface area contributed by atoms with Crippen LogP contribution < -0.4 is 0 Å². The van der Waals surface area contributed by atoms with E-state index in [9.17, 15) is 0 Å². The van der Waals surface area contributed by atoms with Gasteiger partial charge in [0.1, 0.15) is 0 Å². The van der Waals surface area contributed by atoms with Gasteiger partial charge in [0.2, 0.25) is 0 Å². The molecule has 1 aliphatic rings. The molecule has 0 aliphatic heterocycles. The van der Waals surface area contributed by atoms with Crippen molar-refractivity contribution in [2.45, 2.75) is 19.3 Å². The molecule has 0 spiro atoms. The number of nitrogens with zero attached hydrogens (tertiary/aromatic N) is 2. The van der Waals surface area contributed by atoms with Crippen molar-refractivity contribution in [2.75, 3.05) is 0 Å². The molecule has 11 rings (SSSR count). The second-order valence-electron chi connectivity index (χ2n) is 15.4. The first-order chi connectivity index (χ1) is 27.0. The average Bonchev–Trinajstić information content (AvgIpc) is 3.87. The summed E-state index contributed by atoms with van der Waals surface area (Å²) in [6.45, 7) is 4.73. The molecule has 0 bridgehead atoms. The van der Waals surface area contributed by atoms with Crippen LogP contribution >= 0.6 is 0 Å². The van der Waals surface area contributed by atoms with Crippen LogP contribution in [0.5, 0.6) is 0 Å². The number of para-hydroxylation sites is 4. The Kier molecular flexibility index (Phi) is 6.93. The molecule has 0 unspecified atom stereocenters. The van der Waals surface area contributed by atoms with Gasteiger partial charge >= 0.3 is 0 Å². The minimum Gasteiger partial charge on any atom is -0.309 e. The largest absolute Gasteiger partial charge is 0.309 e. The molecule has 2 heterocycles. The van der Waals surface area contributed by atoms with Crippen LogP contribution in [-0.4, -0.2) is 9.13 Å². The smallest absolute Gasteiger partial charge is 0.0541 e. The lowest BCUT2D eigenvalue weighted by atomic mass is 9.81. The maximum Gasteiger partial charge on any atom is 0.0541 e. The second-order valence-corrected chi connectivity index (χ2v) is 15.4. The highest BCUT2D eigenvalue weighted by Gasteiger charge is 2.35. The fourth-order valence-electron chi connectivity index (χ4n) is 9.22. The van der Waals surface area contributed by atoms with E-state index in [4.69, 9.17) is 0 Å². The molecule has 2 heteroatoms. The number of hydrogen-bond donors (Lipinski definition) is 0. The van der Waals surface area contributed by atoms with Crippen molar-refractivity contribution in [2.24, 2.45) is 0 Å². The van der Waals surface area contributed by atoms with Gasteiger partial charge in [0.15, 0.2) is 0 Å². The molecule has 1 aliphatic carbocycles. The molecule has 10 aromatic rings. The molecule has 0 N–H and O–H groups in total. The van der Waals surface area contributed by atoms with E-state index in [1.54, 1.807) is 0 Å². The van der Waals surface area contributed by atoms with Gasteiger partial charge in [0.05, 0.1) is 22.2 Å². The summed E-state index contributed by atoms with van der Waals surface area (Å²) in [6.07, 6.45) is 0. The third-order valence-electron chi connectivity index (χ3n) is 11.9. The standard InChI is InChI=1S/C53H38N2/c1-53(2)47-22-12-10-20-43(47)44-27-25-36(33-48(44)53)39-29-38(30-40(31-39)52-34-37-15-9-13-23-49(37)54(52)41-16-5-3-6-17-41)35-26-28-51-46(32-35)45-21-11-14-24-50(45)55(51)42-18-7-4-8-19-42/h3-34H,1-2H3. The first-order valence-electron chi connectivity index (χ1n) is 19.2. The lowest BCUT2D eigenvalue weighted by Crippen LogP contribution is -2.14. The highest BCUT2D eigenvalue weighted by atomic mass is 15.0. The summed E-state index contributed by atoms with van der Waals surface area (Å²) in [7, 11) is 0. The molecule has 0 fully saturated rings. The summed E-state index contributed by atoms with van der Waals surface area (Å²) in [5, 5.41) is 3.73. The Labute approximate surface area is 321 Å². The summed E-state index contributed by atoms with van der Waals surface area (Å²) in [4.78, 5) is 0. The van der Waals surface area contributed by atoms with Crippen molar-refractivity contribution in [3.05, 3.63) is 205 Å². The number of hydrogen-bond acceptors (Lipinski definition) is 0. The fourth-order valence-corrected chi connectivity index (χ4v) is 9.22. The fraction of sp³-hybridized carbons (Fsp3) is 0.0566. The minimum atomic E-state index is -0.0832. The van der Waals surface area contributed by atoms with Gasteiger partial charge in [-0.1, -0.05) is 129 Å². The monoisotopic (exact) mass is 702 g/mol. The van der Waals surface area contributed by atoms with E-state index in [1.807, 2.05) is 0 Å². The van der Waals surface area contributed by atoms with Crippen molar-refractivity contribution in [3.63, 3.8) is 0 Å². The minimum absolute atomic E-state index is 0.0832. The van der Waals surface area contributed by atoms with Gasteiger partial charge in [-0.15, -0.1) is 0 Å². The van der Waals surface area contributed by atoms with E-state index in [-0.39, 0.29) is 5.41 Å². The van der Waals surface area contributed by atoms with Crippen LogP contribution in [0.4, 0.5) is 0 Å². The molecule has 55 heavy (non-hydrogen) atoms. The predicted octanol–water partition coefficient (Wildman–Crippen LogP) is 14.0. The Balaban J connectivity index is 1.16. The molecular formula is C53H38N2. The zero-order valence-corrected chi connectivity index (χ0v) is 30.9. The van der Waals surface area contributed by atoms with E-state index in [0.29, 0.717) is 0 Å². The first-order valence-corrected chi connectivity index (χ1v) is 19.2. The van der Waals surface area contributed by atoms with Gasteiger partial charge in [-0.25, -0.2) is 0 Å². The maximum absolute atomic E-state index is 2.45. The average molecular weight is 703 g/mol. The quantitative estimate of drug-likeness (QED) is 0.169. The van der Waals surface area contributed by atoms with Crippen molar-refractivity contribution in [3.8, 4) is 56.0 Å². The molecule has 0 saturated heterocycles. The van der Waals surface area contributed by atoms with Crippen LogP contribution in [0, 0.1) is 0 Å². The third kappa shape index (κ3) is 4.88. The summed E-state index contributed by atoms with van der Waals surface area (Å²) in [5.74, 6) is 0. The molecule has 0 atom stereocenters. The van der Waals surface area contributed by atoms with Crippen molar-refractivity contribution in [1.29, 1.82) is 0 Å². The summed E-state index contributed by atoms with van der Waals surface area (Å²) >= 11 is 0. The molecule has 260 valence electrons. The van der Waals surface area contributed by atoms with Crippen LogP contribution in [0.3, 0.4) is 0 Å². The Morgan fingerprint density at radius 2 is 0.909 bits per heavy atom. The lowest BCUT2D eigenvalue weighted by Gasteiger charge is -2.22. The molecule has 2 nitrogen and oxygen atoms in total. The van der Waals surface area contributed by atoms with E-state index < -0.39 is 0 Å².